The lowest BCUT2D eigenvalue weighted by atomic mass is 10.1. The van der Waals surface area contributed by atoms with Crippen molar-refractivity contribution >= 4 is 9.84 Å². The quantitative estimate of drug-likeness (QED) is 0.748. The zero-order valence-electron chi connectivity index (χ0n) is 9.73. The fraction of sp³-hybridized carbons (Fsp3) is 0.700. The molecule has 6 heteroatoms. The van der Waals surface area contributed by atoms with Gasteiger partial charge in [-0.25, -0.2) is 13.4 Å². The largest absolute Gasteiger partial charge is 0.347 e. The normalized spacial score (nSPS) is 13.9. The van der Waals surface area contributed by atoms with Gasteiger partial charge in [0.05, 0.1) is 6.04 Å². The number of aromatic nitrogens is 2. The van der Waals surface area contributed by atoms with Crippen molar-refractivity contribution in [3.8, 4) is 0 Å². The summed E-state index contributed by atoms with van der Waals surface area (Å²) in [5.41, 5.74) is 0. The molecule has 0 aliphatic carbocycles. The third-order valence-electron chi connectivity index (χ3n) is 2.31. The van der Waals surface area contributed by atoms with Crippen molar-refractivity contribution in [3.05, 3.63) is 18.2 Å². The van der Waals surface area contributed by atoms with Crippen LogP contribution in [0.4, 0.5) is 0 Å². The van der Waals surface area contributed by atoms with Crippen molar-refractivity contribution in [2.75, 3.05) is 18.6 Å². The SMILES string of the molecule is CCNC(CCCS(C)(=O)=O)c1ncc[nH]1. The lowest BCUT2D eigenvalue weighted by Crippen LogP contribution is -2.22. The lowest BCUT2D eigenvalue weighted by molar-refractivity contribution is 0.487. The Morgan fingerprint density at radius 3 is 2.81 bits per heavy atom. The standard InChI is InChI=1S/C10H19N3O2S/c1-3-11-9(10-12-6-7-13-10)5-4-8-16(2,14)15/h6-7,9,11H,3-5,8H2,1-2H3,(H,12,13). The highest BCUT2D eigenvalue weighted by molar-refractivity contribution is 7.90. The van der Waals surface area contributed by atoms with Crippen LogP contribution in [0.15, 0.2) is 12.4 Å². The van der Waals surface area contributed by atoms with E-state index in [0.29, 0.717) is 6.42 Å². The summed E-state index contributed by atoms with van der Waals surface area (Å²) < 4.78 is 22.0. The molecule has 0 fully saturated rings. The van der Waals surface area contributed by atoms with Crippen LogP contribution >= 0.6 is 0 Å². The highest BCUT2D eigenvalue weighted by Crippen LogP contribution is 2.14. The average Bonchev–Trinajstić information content (AvgIpc) is 2.67. The molecule has 0 spiro atoms. The van der Waals surface area contributed by atoms with Gasteiger partial charge in [-0.3, -0.25) is 0 Å². The lowest BCUT2D eigenvalue weighted by Gasteiger charge is -2.14. The monoisotopic (exact) mass is 245 g/mol. The number of H-pyrrole nitrogens is 1. The minimum absolute atomic E-state index is 0.113. The summed E-state index contributed by atoms with van der Waals surface area (Å²) in [6, 6.07) is 0.113. The van der Waals surface area contributed by atoms with E-state index in [1.807, 2.05) is 6.92 Å². The summed E-state index contributed by atoms with van der Waals surface area (Å²) in [5.74, 6) is 1.10. The molecule has 0 aromatic carbocycles. The van der Waals surface area contributed by atoms with E-state index in [4.69, 9.17) is 0 Å². The predicted octanol–water partition coefficient (Wildman–Crippen LogP) is 0.885. The third kappa shape index (κ3) is 4.76. The van der Waals surface area contributed by atoms with E-state index in [9.17, 15) is 8.42 Å². The molecule has 0 aliphatic heterocycles. The minimum atomic E-state index is -2.86. The Morgan fingerprint density at radius 1 is 1.56 bits per heavy atom. The molecule has 0 amide bonds. The molecular weight excluding hydrogens is 226 g/mol. The number of nitrogens with one attached hydrogen (secondary N) is 2. The van der Waals surface area contributed by atoms with Gasteiger partial charge in [0.15, 0.2) is 0 Å². The van der Waals surface area contributed by atoms with E-state index in [-0.39, 0.29) is 11.8 Å². The van der Waals surface area contributed by atoms with Crippen LogP contribution < -0.4 is 5.32 Å². The molecule has 0 saturated carbocycles. The second-order valence-corrected chi connectivity index (χ2v) is 6.12. The van der Waals surface area contributed by atoms with Crippen LogP contribution in [0.5, 0.6) is 0 Å². The molecule has 0 saturated heterocycles. The van der Waals surface area contributed by atoms with Crippen molar-refractivity contribution in [1.29, 1.82) is 0 Å². The second kappa shape index (κ2) is 6.00. The van der Waals surface area contributed by atoms with E-state index in [1.54, 1.807) is 12.4 Å². The molecule has 1 aromatic rings. The molecular formula is C10H19N3O2S. The number of nitrogens with zero attached hydrogens (tertiary/aromatic N) is 1. The van der Waals surface area contributed by atoms with Gasteiger partial charge in [0, 0.05) is 24.4 Å². The number of aromatic amines is 1. The Balaban J connectivity index is 2.47. The molecule has 1 unspecified atom stereocenters. The summed E-state index contributed by atoms with van der Waals surface area (Å²) in [4.78, 5) is 7.23. The average molecular weight is 245 g/mol. The Morgan fingerprint density at radius 2 is 2.31 bits per heavy atom. The zero-order valence-corrected chi connectivity index (χ0v) is 10.5. The first-order valence-corrected chi connectivity index (χ1v) is 7.49. The zero-order chi connectivity index (χ0) is 12.0. The fourth-order valence-electron chi connectivity index (χ4n) is 1.60. The molecule has 0 bridgehead atoms. The van der Waals surface area contributed by atoms with Gasteiger partial charge in [0.2, 0.25) is 0 Å². The maximum Gasteiger partial charge on any atom is 0.147 e. The minimum Gasteiger partial charge on any atom is -0.347 e. The van der Waals surface area contributed by atoms with E-state index in [0.717, 1.165) is 18.8 Å². The fourth-order valence-corrected chi connectivity index (χ4v) is 2.29. The first kappa shape index (κ1) is 13.2. The van der Waals surface area contributed by atoms with E-state index < -0.39 is 9.84 Å². The van der Waals surface area contributed by atoms with Gasteiger partial charge in [-0.05, 0) is 19.4 Å². The van der Waals surface area contributed by atoms with Gasteiger partial charge in [0.1, 0.15) is 15.7 Å². The van der Waals surface area contributed by atoms with Crippen LogP contribution in [0.2, 0.25) is 0 Å². The second-order valence-electron chi connectivity index (χ2n) is 3.86. The van der Waals surface area contributed by atoms with Gasteiger partial charge < -0.3 is 10.3 Å². The molecule has 1 heterocycles. The maximum absolute atomic E-state index is 11.0. The summed E-state index contributed by atoms with van der Waals surface area (Å²) in [7, 11) is -2.86. The summed E-state index contributed by atoms with van der Waals surface area (Å²) in [5, 5.41) is 3.28. The van der Waals surface area contributed by atoms with Gasteiger partial charge in [-0.1, -0.05) is 6.92 Å². The van der Waals surface area contributed by atoms with Crippen LogP contribution in [0.3, 0.4) is 0 Å². The van der Waals surface area contributed by atoms with Gasteiger partial charge in [0.25, 0.3) is 0 Å². The molecule has 5 nitrogen and oxygen atoms in total. The Hall–Kier alpha value is -0.880. The Labute approximate surface area is 96.6 Å². The first-order valence-electron chi connectivity index (χ1n) is 5.43. The molecule has 1 atom stereocenters. The van der Waals surface area contributed by atoms with Gasteiger partial charge in [-0.2, -0.15) is 0 Å². The number of hydrogen-bond donors (Lipinski definition) is 2. The summed E-state index contributed by atoms with van der Waals surface area (Å²) in [6.45, 7) is 2.86. The maximum atomic E-state index is 11.0. The molecule has 1 aromatic heterocycles. The smallest absolute Gasteiger partial charge is 0.147 e. The predicted molar refractivity (Wildman–Crippen MR) is 64.0 cm³/mol. The third-order valence-corrected chi connectivity index (χ3v) is 3.34. The van der Waals surface area contributed by atoms with Crippen molar-refractivity contribution in [3.63, 3.8) is 0 Å². The van der Waals surface area contributed by atoms with Crippen molar-refractivity contribution in [2.45, 2.75) is 25.8 Å². The highest BCUT2D eigenvalue weighted by atomic mass is 32.2. The highest BCUT2D eigenvalue weighted by Gasteiger charge is 2.13. The van der Waals surface area contributed by atoms with Crippen LogP contribution in [-0.2, 0) is 9.84 Å². The van der Waals surface area contributed by atoms with Gasteiger partial charge in [-0.15, -0.1) is 0 Å². The number of rotatable bonds is 7. The molecule has 0 radical (unpaired) electrons. The topological polar surface area (TPSA) is 74.8 Å². The van der Waals surface area contributed by atoms with Crippen molar-refractivity contribution < 1.29 is 8.42 Å². The summed E-state index contributed by atoms with van der Waals surface area (Å²) >= 11 is 0. The summed E-state index contributed by atoms with van der Waals surface area (Å²) in [6.07, 6.45) is 6.17. The van der Waals surface area contributed by atoms with Gasteiger partial charge >= 0.3 is 0 Å². The molecule has 92 valence electrons. The van der Waals surface area contributed by atoms with Crippen LogP contribution in [0, 0.1) is 0 Å². The van der Waals surface area contributed by atoms with Crippen LogP contribution in [0.1, 0.15) is 31.6 Å². The Bertz CT molecular complexity index is 386. The van der Waals surface area contributed by atoms with E-state index in [2.05, 4.69) is 15.3 Å². The van der Waals surface area contributed by atoms with Crippen LogP contribution in [-0.4, -0.2) is 36.9 Å². The Kier molecular flexibility index (Phi) is 4.95. The molecule has 2 N–H and O–H groups in total. The van der Waals surface area contributed by atoms with E-state index >= 15 is 0 Å². The number of hydrogen-bond acceptors (Lipinski definition) is 4. The van der Waals surface area contributed by atoms with Crippen molar-refractivity contribution in [2.24, 2.45) is 0 Å². The number of sulfone groups is 1. The van der Waals surface area contributed by atoms with Crippen molar-refractivity contribution in [1.82, 2.24) is 15.3 Å². The first-order chi connectivity index (χ1) is 7.53. The van der Waals surface area contributed by atoms with Crippen LogP contribution in [0.25, 0.3) is 0 Å². The molecule has 0 aliphatic rings. The number of imidazole rings is 1. The van der Waals surface area contributed by atoms with E-state index in [1.165, 1.54) is 6.26 Å². The molecule has 16 heavy (non-hydrogen) atoms. The molecule has 1 rings (SSSR count).